The summed E-state index contributed by atoms with van der Waals surface area (Å²) in [4.78, 5) is 15.2. The number of furan rings is 1. The van der Waals surface area contributed by atoms with E-state index in [1.165, 1.54) is 0 Å². The van der Waals surface area contributed by atoms with Gasteiger partial charge in [-0.2, -0.15) is 0 Å². The van der Waals surface area contributed by atoms with E-state index in [1.54, 1.807) is 19.2 Å². The Morgan fingerprint density at radius 2 is 2.26 bits per heavy atom. The molecule has 0 aliphatic heterocycles. The van der Waals surface area contributed by atoms with Gasteiger partial charge in [-0.3, -0.25) is 4.79 Å². The van der Waals surface area contributed by atoms with Gasteiger partial charge in [0.2, 0.25) is 0 Å². The molecule has 0 saturated carbocycles. The third kappa shape index (κ3) is 5.43. The second kappa shape index (κ2) is 8.15. The monoisotopic (exact) mass is 268 g/mol. The molecule has 0 aliphatic rings. The van der Waals surface area contributed by atoms with Gasteiger partial charge in [-0.25, -0.2) is 4.99 Å². The highest BCUT2D eigenvalue weighted by Crippen LogP contribution is 2.08. The van der Waals surface area contributed by atoms with E-state index in [0.717, 1.165) is 6.54 Å². The minimum Gasteiger partial charge on any atom is -0.454 e. The van der Waals surface area contributed by atoms with Crippen LogP contribution in [0.1, 0.15) is 23.2 Å². The van der Waals surface area contributed by atoms with E-state index in [2.05, 4.69) is 15.6 Å². The summed E-state index contributed by atoms with van der Waals surface area (Å²) in [5.41, 5.74) is 5.10. The van der Waals surface area contributed by atoms with Gasteiger partial charge in [-0.1, -0.05) is 0 Å². The van der Waals surface area contributed by atoms with Crippen molar-refractivity contribution in [3.8, 4) is 0 Å². The first-order chi connectivity index (χ1) is 9.17. The molecular weight excluding hydrogens is 248 g/mol. The van der Waals surface area contributed by atoms with E-state index in [-0.39, 0.29) is 5.76 Å². The lowest BCUT2D eigenvalue weighted by atomic mass is 10.4. The van der Waals surface area contributed by atoms with E-state index in [9.17, 15) is 4.79 Å². The first-order valence-corrected chi connectivity index (χ1v) is 6.07. The summed E-state index contributed by atoms with van der Waals surface area (Å²) in [6.45, 7) is 4.31. The zero-order valence-corrected chi connectivity index (χ0v) is 11.2. The van der Waals surface area contributed by atoms with Crippen LogP contribution in [0.2, 0.25) is 0 Å². The molecule has 0 saturated heterocycles. The van der Waals surface area contributed by atoms with Gasteiger partial charge in [-0.15, -0.1) is 0 Å². The van der Waals surface area contributed by atoms with Gasteiger partial charge in [0.1, 0.15) is 12.3 Å². The number of hydrogen-bond donors (Lipinski definition) is 3. The summed E-state index contributed by atoms with van der Waals surface area (Å²) in [6, 6.07) is 3.22. The highest BCUT2D eigenvalue weighted by molar-refractivity contribution is 5.89. The number of hydrogen-bond acceptors (Lipinski definition) is 4. The molecular formula is C12H20N4O3. The van der Waals surface area contributed by atoms with Gasteiger partial charge < -0.3 is 25.5 Å². The smallest absolute Gasteiger partial charge is 0.284 e. The fourth-order valence-corrected chi connectivity index (χ4v) is 1.37. The molecule has 0 atom stereocenters. The van der Waals surface area contributed by atoms with Gasteiger partial charge in [0, 0.05) is 20.2 Å². The van der Waals surface area contributed by atoms with Crippen LogP contribution in [-0.4, -0.2) is 38.7 Å². The predicted molar refractivity (Wildman–Crippen MR) is 71.9 cm³/mol. The molecule has 0 unspecified atom stereocenters. The second-order valence-corrected chi connectivity index (χ2v) is 3.74. The minimum absolute atomic E-state index is 0.141. The third-order valence-corrected chi connectivity index (χ3v) is 2.24. The summed E-state index contributed by atoms with van der Waals surface area (Å²) >= 11 is 0. The Hall–Kier alpha value is -2.02. The first kappa shape index (κ1) is 15.0. The Morgan fingerprint density at radius 1 is 1.47 bits per heavy atom. The van der Waals surface area contributed by atoms with Gasteiger partial charge in [0.05, 0.1) is 6.61 Å². The maximum Gasteiger partial charge on any atom is 0.284 e. The average Bonchev–Trinajstić information content (AvgIpc) is 2.85. The molecule has 1 heterocycles. The van der Waals surface area contributed by atoms with E-state index in [1.807, 2.05) is 6.92 Å². The zero-order chi connectivity index (χ0) is 14.1. The van der Waals surface area contributed by atoms with E-state index >= 15 is 0 Å². The third-order valence-electron chi connectivity index (χ3n) is 2.24. The largest absolute Gasteiger partial charge is 0.454 e. The number of nitrogens with zero attached hydrogens (tertiary/aromatic N) is 1. The van der Waals surface area contributed by atoms with Crippen molar-refractivity contribution in [3.05, 3.63) is 23.7 Å². The number of methoxy groups -OCH3 is 1. The van der Waals surface area contributed by atoms with Gasteiger partial charge in [-0.05, 0) is 19.1 Å². The van der Waals surface area contributed by atoms with Crippen molar-refractivity contribution in [2.24, 2.45) is 10.7 Å². The fourth-order valence-electron chi connectivity index (χ4n) is 1.37. The molecule has 1 amide bonds. The lowest BCUT2D eigenvalue weighted by Gasteiger charge is -2.10. The number of amides is 1. The van der Waals surface area contributed by atoms with Crippen molar-refractivity contribution < 1.29 is 13.9 Å². The highest BCUT2D eigenvalue weighted by atomic mass is 16.5. The van der Waals surface area contributed by atoms with Crippen LogP contribution in [0.25, 0.3) is 0 Å². The molecule has 0 radical (unpaired) electrons. The SMILES string of the molecule is CCNC(=NCc1ccc(C(N)=O)o1)NCCOC. The van der Waals surface area contributed by atoms with Crippen LogP contribution in [0, 0.1) is 0 Å². The van der Waals surface area contributed by atoms with Crippen molar-refractivity contribution >= 4 is 11.9 Å². The Morgan fingerprint density at radius 3 is 2.84 bits per heavy atom. The molecule has 0 bridgehead atoms. The molecule has 1 rings (SSSR count). The molecule has 19 heavy (non-hydrogen) atoms. The number of ether oxygens (including phenoxy) is 1. The van der Waals surface area contributed by atoms with E-state index in [0.29, 0.717) is 31.4 Å². The van der Waals surface area contributed by atoms with Crippen LogP contribution in [0.4, 0.5) is 0 Å². The normalized spacial score (nSPS) is 11.4. The second-order valence-electron chi connectivity index (χ2n) is 3.74. The molecule has 4 N–H and O–H groups in total. The molecule has 106 valence electrons. The van der Waals surface area contributed by atoms with Gasteiger partial charge >= 0.3 is 0 Å². The van der Waals surface area contributed by atoms with Crippen LogP contribution in [0.3, 0.4) is 0 Å². The molecule has 0 fully saturated rings. The van der Waals surface area contributed by atoms with Crippen molar-refractivity contribution in [3.63, 3.8) is 0 Å². The quantitative estimate of drug-likeness (QED) is 0.369. The first-order valence-electron chi connectivity index (χ1n) is 6.07. The predicted octanol–water partition coefficient (Wildman–Crippen LogP) is 0.0800. The maximum atomic E-state index is 10.9. The number of guanidine groups is 1. The number of carbonyl (C=O) groups is 1. The summed E-state index contributed by atoms with van der Waals surface area (Å²) in [6.07, 6.45) is 0. The standard InChI is InChI=1S/C12H20N4O3/c1-3-14-12(15-6-7-18-2)16-8-9-4-5-10(19-9)11(13)17/h4-5H,3,6-8H2,1-2H3,(H2,13,17)(H2,14,15,16). The molecule has 1 aromatic heterocycles. The van der Waals surface area contributed by atoms with Gasteiger partial charge in [0.15, 0.2) is 11.7 Å². The number of nitrogens with one attached hydrogen (secondary N) is 2. The van der Waals surface area contributed by atoms with Crippen LogP contribution in [0.15, 0.2) is 21.5 Å². The summed E-state index contributed by atoms with van der Waals surface area (Å²) in [7, 11) is 1.64. The summed E-state index contributed by atoms with van der Waals surface area (Å²) in [5, 5.41) is 6.19. The Labute approximate surface area is 112 Å². The van der Waals surface area contributed by atoms with Crippen molar-refractivity contribution in [2.45, 2.75) is 13.5 Å². The Bertz CT molecular complexity index is 428. The highest BCUT2D eigenvalue weighted by Gasteiger charge is 2.06. The van der Waals surface area contributed by atoms with Crippen LogP contribution < -0.4 is 16.4 Å². The van der Waals surface area contributed by atoms with E-state index in [4.69, 9.17) is 14.9 Å². The van der Waals surface area contributed by atoms with Crippen LogP contribution >= 0.6 is 0 Å². The summed E-state index contributed by atoms with van der Waals surface area (Å²) < 4.78 is 10.2. The summed E-state index contributed by atoms with van der Waals surface area (Å²) in [5.74, 6) is 0.803. The van der Waals surface area contributed by atoms with Gasteiger partial charge in [0.25, 0.3) is 5.91 Å². The number of primary amides is 1. The fraction of sp³-hybridized carbons (Fsp3) is 0.500. The Kier molecular flexibility index (Phi) is 6.45. The number of rotatable bonds is 7. The number of aliphatic imine (C=N–C) groups is 1. The molecule has 0 aromatic carbocycles. The van der Waals surface area contributed by atoms with Crippen molar-refractivity contribution in [2.75, 3.05) is 26.8 Å². The maximum absolute atomic E-state index is 10.9. The lowest BCUT2D eigenvalue weighted by Crippen LogP contribution is -2.38. The molecule has 0 aliphatic carbocycles. The van der Waals surface area contributed by atoms with Crippen LogP contribution in [-0.2, 0) is 11.3 Å². The van der Waals surface area contributed by atoms with Crippen molar-refractivity contribution in [1.82, 2.24) is 10.6 Å². The van der Waals surface area contributed by atoms with E-state index < -0.39 is 5.91 Å². The lowest BCUT2D eigenvalue weighted by molar-refractivity contribution is 0.0972. The number of nitrogens with two attached hydrogens (primary N) is 1. The Balaban J connectivity index is 2.55. The average molecular weight is 268 g/mol. The zero-order valence-electron chi connectivity index (χ0n) is 11.2. The molecule has 1 aromatic rings. The molecule has 7 heteroatoms. The molecule has 7 nitrogen and oxygen atoms in total. The number of carbonyl (C=O) groups excluding carboxylic acids is 1. The minimum atomic E-state index is -0.583. The van der Waals surface area contributed by atoms with Crippen molar-refractivity contribution in [1.29, 1.82) is 0 Å². The topological polar surface area (TPSA) is 102 Å². The molecule has 0 spiro atoms. The van der Waals surface area contributed by atoms with Crippen LogP contribution in [0.5, 0.6) is 0 Å².